The normalized spacial score (nSPS) is 11.5. The van der Waals surface area contributed by atoms with Crippen molar-refractivity contribution in [1.82, 2.24) is 14.5 Å². The first-order chi connectivity index (χ1) is 11.7. The van der Waals surface area contributed by atoms with Crippen molar-refractivity contribution in [3.8, 4) is 6.07 Å². The molecule has 2 heterocycles. The zero-order valence-electron chi connectivity index (χ0n) is 13.5. The average Bonchev–Trinajstić information content (AvgIpc) is 2.98. The second-order valence-electron chi connectivity index (χ2n) is 5.42. The molecule has 0 atom stereocenters. The minimum absolute atomic E-state index is 0.241. The standard InChI is InChI=1S/C18H17N5O/c1-3-12-6-13(14(8-19)10-24)4-5-15(12)22-18-7-17-16(9-20-18)21-11-23(17)2/h4-7,9-11,24H,3H2,1-2H3,(H,20,22). The maximum Gasteiger partial charge on any atom is 0.132 e. The number of benzene rings is 1. The number of pyridine rings is 1. The van der Waals surface area contributed by atoms with Gasteiger partial charge in [-0.05, 0) is 29.7 Å². The van der Waals surface area contributed by atoms with Gasteiger partial charge in [-0.15, -0.1) is 0 Å². The Hall–Kier alpha value is -3.33. The van der Waals surface area contributed by atoms with E-state index in [0.29, 0.717) is 5.56 Å². The number of aryl methyl sites for hydroxylation is 2. The highest BCUT2D eigenvalue weighted by Gasteiger charge is 2.08. The fourth-order valence-corrected chi connectivity index (χ4v) is 2.58. The Kier molecular flexibility index (Phi) is 4.17. The molecule has 0 unspecified atom stereocenters. The van der Waals surface area contributed by atoms with Crippen molar-refractivity contribution in [2.75, 3.05) is 5.32 Å². The molecule has 24 heavy (non-hydrogen) atoms. The summed E-state index contributed by atoms with van der Waals surface area (Å²) in [6.45, 7) is 2.04. The molecule has 6 nitrogen and oxygen atoms in total. The summed E-state index contributed by atoms with van der Waals surface area (Å²) in [5.41, 5.74) is 4.74. The van der Waals surface area contributed by atoms with E-state index in [1.807, 2.05) is 42.8 Å². The van der Waals surface area contributed by atoms with Crippen LogP contribution in [0, 0.1) is 11.3 Å². The summed E-state index contributed by atoms with van der Waals surface area (Å²) < 4.78 is 1.94. The molecule has 0 aliphatic rings. The number of aromatic nitrogens is 3. The van der Waals surface area contributed by atoms with E-state index in [1.165, 1.54) is 0 Å². The number of allylic oxidation sites excluding steroid dienone is 1. The Labute approximate surface area is 139 Å². The molecule has 1 aromatic carbocycles. The van der Waals surface area contributed by atoms with Gasteiger partial charge < -0.3 is 15.0 Å². The molecular weight excluding hydrogens is 302 g/mol. The van der Waals surface area contributed by atoms with Gasteiger partial charge in [-0.3, -0.25) is 0 Å². The maximum absolute atomic E-state index is 9.14. The van der Waals surface area contributed by atoms with E-state index in [1.54, 1.807) is 18.6 Å². The van der Waals surface area contributed by atoms with Gasteiger partial charge in [-0.2, -0.15) is 5.26 Å². The number of hydrogen-bond acceptors (Lipinski definition) is 5. The van der Waals surface area contributed by atoms with Crippen LogP contribution in [0.3, 0.4) is 0 Å². The molecule has 0 amide bonds. The molecule has 0 spiro atoms. The first-order valence-corrected chi connectivity index (χ1v) is 7.58. The van der Waals surface area contributed by atoms with E-state index < -0.39 is 0 Å². The van der Waals surface area contributed by atoms with Gasteiger partial charge in [0.1, 0.15) is 17.4 Å². The van der Waals surface area contributed by atoms with Crippen LogP contribution in [0.5, 0.6) is 0 Å². The molecule has 0 aliphatic heterocycles. The lowest BCUT2D eigenvalue weighted by molar-refractivity contribution is 0.476. The summed E-state index contributed by atoms with van der Waals surface area (Å²) in [5, 5.41) is 21.5. The molecule has 0 saturated heterocycles. The highest BCUT2D eigenvalue weighted by molar-refractivity contribution is 5.80. The largest absolute Gasteiger partial charge is 0.514 e. The van der Waals surface area contributed by atoms with Crippen LogP contribution in [0.25, 0.3) is 16.6 Å². The third-order valence-electron chi connectivity index (χ3n) is 3.92. The van der Waals surface area contributed by atoms with Gasteiger partial charge in [0.05, 0.1) is 29.9 Å². The molecule has 3 rings (SSSR count). The Morgan fingerprint density at radius 2 is 2.21 bits per heavy atom. The molecule has 0 aliphatic carbocycles. The Bertz CT molecular complexity index is 965. The maximum atomic E-state index is 9.14. The summed E-state index contributed by atoms with van der Waals surface area (Å²) in [6, 6.07) is 9.52. The van der Waals surface area contributed by atoms with Crippen LogP contribution in [-0.4, -0.2) is 19.6 Å². The van der Waals surface area contributed by atoms with E-state index >= 15 is 0 Å². The number of hydrogen-bond donors (Lipinski definition) is 2. The van der Waals surface area contributed by atoms with E-state index in [2.05, 4.69) is 15.3 Å². The number of nitrogens with zero attached hydrogens (tertiary/aromatic N) is 4. The van der Waals surface area contributed by atoms with E-state index in [4.69, 9.17) is 10.4 Å². The number of anilines is 2. The quantitative estimate of drug-likeness (QED) is 0.565. The lowest BCUT2D eigenvalue weighted by atomic mass is 10.0. The topological polar surface area (TPSA) is 86.8 Å². The molecule has 3 aromatic rings. The van der Waals surface area contributed by atoms with E-state index in [9.17, 15) is 0 Å². The molecule has 120 valence electrons. The third kappa shape index (κ3) is 2.79. The summed E-state index contributed by atoms with van der Waals surface area (Å²) in [7, 11) is 1.94. The second-order valence-corrected chi connectivity index (χ2v) is 5.42. The van der Waals surface area contributed by atoms with Crippen molar-refractivity contribution < 1.29 is 5.11 Å². The summed E-state index contributed by atoms with van der Waals surface area (Å²) >= 11 is 0. The smallest absolute Gasteiger partial charge is 0.132 e. The molecule has 6 heteroatoms. The van der Waals surface area contributed by atoms with Crippen molar-refractivity contribution >= 4 is 28.1 Å². The molecule has 0 bridgehead atoms. The van der Waals surface area contributed by atoms with Crippen LogP contribution < -0.4 is 5.32 Å². The Balaban J connectivity index is 1.96. The summed E-state index contributed by atoms with van der Waals surface area (Å²) in [5.74, 6) is 0.728. The summed E-state index contributed by atoms with van der Waals surface area (Å²) in [6.07, 6.45) is 5.11. The van der Waals surface area contributed by atoms with Crippen LogP contribution in [0.1, 0.15) is 18.1 Å². The molecule has 2 aromatic heterocycles. The van der Waals surface area contributed by atoms with Crippen molar-refractivity contribution in [3.63, 3.8) is 0 Å². The average molecular weight is 319 g/mol. The number of rotatable bonds is 4. The summed E-state index contributed by atoms with van der Waals surface area (Å²) in [4.78, 5) is 8.65. The van der Waals surface area contributed by atoms with Gasteiger partial charge >= 0.3 is 0 Å². The second kappa shape index (κ2) is 6.42. The lowest BCUT2D eigenvalue weighted by Crippen LogP contribution is -1.99. The first kappa shape index (κ1) is 15.6. The zero-order chi connectivity index (χ0) is 17.1. The van der Waals surface area contributed by atoms with Crippen molar-refractivity contribution in [2.24, 2.45) is 7.05 Å². The third-order valence-corrected chi connectivity index (χ3v) is 3.92. The number of nitriles is 1. The molecule has 0 radical (unpaired) electrons. The van der Waals surface area contributed by atoms with Crippen LogP contribution in [-0.2, 0) is 13.5 Å². The van der Waals surface area contributed by atoms with Crippen LogP contribution in [0.4, 0.5) is 11.5 Å². The van der Waals surface area contributed by atoms with E-state index in [-0.39, 0.29) is 5.57 Å². The minimum Gasteiger partial charge on any atom is -0.514 e. The monoisotopic (exact) mass is 319 g/mol. The van der Waals surface area contributed by atoms with Gasteiger partial charge in [0, 0.05) is 18.8 Å². The van der Waals surface area contributed by atoms with Crippen molar-refractivity contribution in [1.29, 1.82) is 5.26 Å². The molecule has 2 N–H and O–H groups in total. The van der Waals surface area contributed by atoms with Gasteiger partial charge in [0.2, 0.25) is 0 Å². The highest BCUT2D eigenvalue weighted by atomic mass is 16.2. The fraction of sp³-hybridized carbons (Fsp3) is 0.167. The number of fused-ring (bicyclic) bond motifs is 1. The van der Waals surface area contributed by atoms with Crippen LogP contribution in [0.15, 0.2) is 43.1 Å². The number of imidazole rings is 1. The van der Waals surface area contributed by atoms with Crippen molar-refractivity contribution in [2.45, 2.75) is 13.3 Å². The first-order valence-electron chi connectivity index (χ1n) is 7.58. The van der Waals surface area contributed by atoms with Gasteiger partial charge in [0.25, 0.3) is 0 Å². The number of aliphatic hydroxyl groups is 1. The number of nitrogens with one attached hydrogen (secondary N) is 1. The van der Waals surface area contributed by atoms with Gasteiger partial charge in [-0.1, -0.05) is 13.0 Å². The van der Waals surface area contributed by atoms with Gasteiger partial charge in [0.15, 0.2) is 0 Å². The lowest BCUT2D eigenvalue weighted by Gasteiger charge is -2.12. The highest BCUT2D eigenvalue weighted by Crippen LogP contribution is 2.26. The minimum atomic E-state index is 0.241. The zero-order valence-corrected chi connectivity index (χ0v) is 13.5. The predicted molar refractivity (Wildman–Crippen MR) is 93.8 cm³/mol. The van der Waals surface area contributed by atoms with Crippen molar-refractivity contribution in [3.05, 3.63) is 54.2 Å². The Morgan fingerprint density at radius 1 is 1.38 bits per heavy atom. The van der Waals surface area contributed by atoms with E-state index in [0.717, 1.165) is 40.8 Å². The molecule has 0 fully saturated rings. The molecule has 0 saturated carbocycles. The van der Waals surface area contributed by atoms with Crippen LogP contribution in [0.2, 0.25) is 0 Å². The van der Waals surface area contributed by atoms with Crippen LogP contribution >= 0.6 is 0 Å². The molecular formula is C18H17N5O. The predicted octanol–water partition coefficient (Wildman–Crippen LogP) is 3.70. The fourth-order valence-electron chi connectivity index (χ4n) is 2.58. The van der Waals surface area contributed by atoms with Gasteiger partial charge in [-0.25, -0.2) is 9.97 Å². The SMILES string of the molecule is CCc1cc(C(C#N)=CO)ccc1Nc1cc2c(cn1)ncn2C. The Morgan fingerprint density at radius 3 is 2.92 bits per heavy atom. The number of aliphatic hydroxyl groups excluding tert-OH is 1.